The number of likely N-dealkylation sites (N-methyl/N-ethyl adjacent to an activating group) is 1. The summed E-state index contributed by atoms with van der Waals surface area (Å²) in [4.78, 5) is 22.2. The van der Waals surface area contributed by atoms with E-state index in [1.807, 2.05) is 0 Å². The molecule has 0 aliphatic carbocycles. The van der Waals surface area contributed by atoms with Gasteiger partial charge in [-0.15, -0.1) is 0 Å². The number of carbonyl (C=O) groups excluding carboxylic acids is 2. The van der Waals surface area contributed by atoms with Crippen molar-refractivity contribution in [2.45, 2.75) is 6.04 Å². The SMILES string of the molecule is CNNC(=O)C(C(=O)OC)N(C)N. The van der Waals surface area contributed by atoms with E-state index in [1.165, 1.54) is 21.2 Å². The van der Waals surface area contributed by atoms with Crippen molar-refractivity contribution in [3.05, 3.63) is 0 Å². The van der Waals surface area contributed by atoms with E-state index in [0.29, 0.717) is 0 Å². The standard InChI is InChI=1S/C6H14N4O3/c1-8-9-5(11)4(10(2)7)6(12)13-3/h4,8H,7H2,1-3H3,(H,9,11). The molecule has 0 aromatic carbocycles. The Morgan fingerprint density at radius 1 is 1.54 bits per heavy atom. The second kappa shape index (κ2) is 5.46. The fourth-order valence-corrected chi connectivity index (χ4v) is 0.761. The Labute approximate surface area is 76.1 Å². The Hall–Kier alpha value is -1.18. The van der Waals surface area contributed by atoms with Crippen LogP contribution in [0.25, 0.3) is 0 Å². The molecule has 1 atom stereocenters. The van der Waals surface area contributed by atoms with Gasteiger partial charge in [-0.2, -0.15) is 0 Å². The van der Waals surface area contributed by atoms with Gasteiger partial charge in [-0.3, -0.25) is 16.1 Å². The maximum absolute atomic E-state index is 11.2. The van der Waals surface area contributed by atoms with Crippen molar-refractivity contribution in [1.82, 2.24) is 15.9 Å². The molecule has 0 aliphatic rings. The van der Waals surface area contributed by atoms with E-state index in [-0.39, 0.29) is 0 Å². The van der Waals surface area contributed by atoms with Crippen molar-refractivity contribution < 1.29 is 14.3 Å². The lowest BCUT2D eigenvalue weighted by Crippen LogP contribution is -2.55. The van der Waals surface area contributed by atoms with Crippen LogP contribution in [0.5, 0.6) is 0 Å². The minimum Gasteiger partial charge on any atom is -0.467 e. The lowest BCUT2D eigenvalue weighted by atomic mass is 10.3. The van der Waals surface area contributed by atoms with Gasteiger partial charge >= 0.3 is 5.97 Å². The van der Waals surface area contributed by atoms with Crippen molar-refractivity contribution in [3.8, 4) is 0 Å². The Bertz CT molecular complexity index is 194. The fourth-order valence-electron chi connectivity index (χ4n) is 0.761. The van der Waals surface area contributed by atoms with E-state index >= 15 is 0 Å². The van der Waals surface area contributed by atoms with Gasteiger partial charge in [-0.25, -0.2) is 15.2 Å². The fraction of sp³-hybridized carbons (Fsp3) is 0.667. The number of methoxy groups -OCH3 is 1. The summed E-state index contributed by atoms with van der Waals surface area (Å²) in [5.41, 5.74) is 4.62. The first-order chi connectivity index (χ1) is 6.04. The van der Waals surface area contributed by atoms with Crippen molar-refractivity contribution in [2.24, 2.45) is 5.84 Å². The summed E-state index contributed by atoms with van der Waals surface area (Å²) in [5.74, 6) is 4.01. The highest BCUT2D eigenvalue weighted by Gasteiger charge is 2.29. The highest BCUT2D eigenvalue weighted by molar-refractivity contribution is 6.01. The van der Waals surface area contributed by atoms with Crippen molar-refractivity contribution in [3.63, 3.8) is 0 Å². The molecule has 0 saturated heterocycles. The lowest BCUT2D eigenvalue weighted by molar-refractivity contribution is -0.151. The number of rotatable bonds is 4. The predicted molar refractivity (Wildman–Crippen MR) is 45.0 cm³/mol. The van der Waals surface area contributed by atoms with Crippen LogP contribution < -0.4 is 16.7 Å². The predicted octanol–water partition coefficient (Wildman–Crippen LogP) is -2.42. The molecule has 0 aromatic heterocycles. The molecule has 1 amide bonds. The van der Waals surface area contributed by atoms with Gasteiger partial charge in [0.05, 0.1) is 7.11 Å². The molecule has 0 fully saturated rings. The van der Waals surface area contributed by atoms with E-state index < -0.39 is 17.9 Å². The zero-order valence-electron chi connectivity index (χ0n) is 7.83. The van der Waals surface area contributed by atoms with Crippen LogP contribution in [0.4, 0.5) is 0 Å². The van der Waals surface area contributed by atoms with Crippen LogP contribution >= 0.6 is 0 Å². The van der Waals surface area contributed by atoms with Gasteiger partial charge in [0.15, 0.2) is 0 Å². The number of hydrogen-bond donors (Lipinski definition) is 3. The van der Waals surface area contributed by atoms with Gasteiger partial charge in [0, 0.05) is 14.1 Å². The molecule has 0 heterocycles. The number of nitrogens with two attached hydrogens (primary N) is 1. The smallest absolute Gasteiger partial charge is 0.334 e. The second-order valence-electron chi connectivity index (χ2n) is 2.33. The molecule has 4 N–H and O–H groups in total. The summed E-state index contributed by atoms with van der Waals surface area (Å²) in [6.07, 6.45) is 0. The summed E-state index contributed by atoms with van der Waals surface area (Å²) in [6, 6.07) is -1.14. The molecule has 7 nitrogen and oxygen atoms in total. The van der Waals surface area contributed by atoms with Crippen molar-refractivity contribution >= 4 is 11.9 Å². The number of nitrogens with zero attached hydrogens (tertiary/aromatic N) is 1. The molecule has 0 rings (SSSR count). The number of hydrogen-bond acceptors (Lipinski definition) is 6. The molecule has 0 saturated carbocycles. The number of ether oxygens (including phenoxy) is 1. The van der Waals surface area contributed by atoms with Crippen molar-refractivity contribution in [1.29, 1.82) is 0 Å². The van der Waals surface area contributed by atoms with E-state index in [9.17, 15) is 9.59 Å². The number of amides is 1. The average Bonchev–Trinajstić information content (AvgIpc) is 2.04. The monoisotopic (exact) mass is 190 g/mol. The Balaban J connectivity index is 4.41. The molecular formula is C6H14N4O3. The zero-order valence-corrected chi connectivity index (χ0v) is 7.83. The Kier molecular flexibility index (Phi) is 4.97. The quantitative estimate of drug-likeness (QED) is 0.198. The van der Waals surface area contributed by atoms with Crippen LogP contribution in [0.15, 0.2) is 0 Å². The van der Waals surface area contributed by atoms with Crippen LogP contribution in [0.1, 0.15) is 0 Å². The Morgan fingerprint density at radius 3 is 2.38 bits per heavy atom. The summed E-state index contributed by atoms with van der Waals surface area (Å²) >= 11 is 0. The van der Waals surface area contributed by atoms with E-state index in [0.717, 1.165) is 5.01 Å². The van der Waals surface area contributed by atoms with E-state index in [1.54, 1.807) is 0 Å². The highest BCUT2D eigenvalue weighted by Crippen LogP contribution is 1.93. The Morgan fingerprint density at radius 2 is 2.08 bits per heavy atom. The minimum atomic E-state index is -1.14. The van der Waals surface area contributed by atoms with Crippen LogP contribution in [0.2, 0.25) is 0 Å². The first kappa shape index (κ1) is 11.8. The van der Waals surface area contributed by atoms with Crippen LogP contribution in [-0.2, 0) is 14.3 Å². The van der Waals surface area contributed by atoms with Gasteiger partial charge < -0.3 is 4.74 Å². The van der Waals surface area contributed by atoms with Gasteiger partial charge in [-0.05, 0) is 0 Å². The molecule has 0 radical (unpaired) electrons. The topological polar surface area (TPSA) is 96.7 Å². The summed E-state index contributed by atoms with van der Waals surface area (Å²) in [6.45, 7) is 0. The lowest BCUT2D eigenvalue weighted by Gasteiger charge is -2.19. The number of carbonyl (C=O) groups is 2. The molecule has 0 aromatic rings. The third-order valence-corrected chi connectivity index (χ3v) is 1.33. The normalized spacial score (nSPS) is 12.4. The first-order valence-corrected chi connectivity index (χ1v) is 3.56. The summed E-state index contributed by atoms with van der Waals surface area (Å²) < 4.78 is 4.39. The first-order valence-electron chi connectivity index (χ1n) is 3.56. The largest absolute Gasteiger partial charge is 0.467 e. The average molecular weight is 190 g/mol. The highest BCUT2D eigenvalue weighted by atomic mass is 16.5. The molecule has 76 valence electrons. The summed E-state index contributed by atoms with van der Waals surface area (Å²) in [7, 11) is 4.09. The number of esters is 1. The molecule has 0 aliphatic heterocycles. The van der Waals surface area contributed by atoms with Gasteiger partial charge in [0.25, 0.3) is 5.91 Å². The second-order valence-corrected chi connectivity index (χ2v) is 2.33. The molecular weight excluding hydrogens is 176 g/mol. The van der Waals surface area contributed by atoms with Gasteiger partial charge in [0.1, 0.15) is 0 Å². The molecule has 7 heteroatoms. The van der Waals surface area contributed by atoms with Crippen molar-refractivity contribution in [2.75, 3.05) is 21.2 Å². The van der Waals surface area contributed by atoms with Crippen LogP contribution in [0.3, 0.4) is 0 Å². The molecule has 0 bridgehead atoms. The third-order valence-electron chi connectivity index (χ3n) is 1.33. The zero-order chi connectivity index (χ0) is 10.4. The van der Waals surface area contributed by atoms with Crippen LogP contribution in [0, 0.1) is 0 Å². The maximum Gasteiger partial charge on any atom is 0.334 e. The van der Waals surface area contributed by atoms with Gasteiger partial charge in [-0.1, -0.05) is 0 Å². The maximum atomic E-state index is 11.2. The van der Waals surface area contributed by atoms with E-state index in [4.69, 9.17) is 5.84 Å². The third kappa shape index (κ3) is 3.36. The van der Waals surface area contributed by atoms with Crippen LogP contribution in [-0.4, -0.2) is 44.1 Å². The summed E-state index contributed by atoms with van der Waals surface area (Å²) in [5, 5.41) is 0.971. The minimum absolute atomic E-state index is 0.570. The van der Waals surface area contributed by atoms with E-state index in [2.05, 4.69) is 15.6 Å². The molecule has 13 heavy (non-hydrogen) atoms. The van der Waals surface area contributed by atoms with Gasteiger partial charge in [0.2, 0.25) is 6.04 Å². The molecule has 1 unspecified atom stereocenters. The number of hydrazine groups is 2. The number of nitrogens with one attached hydrogen (secondary N) is 2. The molecule has 0 spiro atoms.